The molecule has 0 spiro atoms. The summed E-state index contributed by atoms with van der Waals surface area (Å²) >= 11 is 0. The zero-order chi connectivity index (χ0) is 15.6. The van der Waals surface area contributed by atoms with E-state index in [1.165, 1.54) is 0 Å². The first-order valence-electron chi connectivity index (χ1n) is 5.84. The van der Waals surface area contributed by atoms with Crippen molar-refractivity contribution in [3.05, 3.63) is 64.1 Å². The molecule has 0 unspecified atom stereocenters. The predicted octanol–water partition coefficient (Wildman–Crippen LogP) is 2.24. The van der Waals surface area contributed by atoms with Crippen LogP contribution in [0.1, 0.15) is 5.56 Å². The summed E-state index contributed by atoms with van der Waals surface area (Å²) in [6.45, 7) is 0.0698. The maximum absolute atomic E-state index is 13.3. The molecule has 4 nitrogen and oxygen atoms in total. The van der Waals surface area contributed by atoms with Crippen LogP contribution >= 0.6 is 0 Å². The summed E-state index contributed by atoms with van der Waals surface area (Å²) in [5.74, 6) is -2.88. The third-order valence-electron chi connectivity index (χ3n) is 2.71. The highest BCUT2D eigenvalue weighted by Crippen LogP contribution is 2.29. The molecule has 0 radical (unpaired) electrons. The smallest absolute Gasteiger partial charge is 0.158 e. The first-order chi connectivity index (χ1) is 9.83. The average Bonchev–Trinajstić information content (AvgIpc) is 2.43. The fourth-order valence-electron chi connectivity index (χ4n) is 1.64. The fraction of sp³-hybridized carbons (Fsp3) is 0.0769. The van der Waals surface area contributed by atoms with E-state index in [0.29, 0.717) is 6.07 Å². The summed E-state index contributed by atoms with van der Waals surface area (Å²) < 4.78 is 66.6. The molecule has 2 aromatic carbocycles. The average molecular weight is 316 g/mol. The molecular weight excluding hydrogens is 305 g/mol. The van der Waals surface area contributed by atoms with Gasteiger partial charge in [-0.1, -0.05) is 6.07 Å². The van der Waals surface area contributed by atoms with Crippen molar-refractivity contribution in [3.8, 4) is 0 Å². The van der Waals surface area contributed by atoms with Gasteiger partial charge in [-0.2, -0.15) is 0 Å². The Morgan fingerprint density at radius 3 is 2.24 bits per heavy atom. The molecule has 112 valence electrons. The number of sulfonamides is 1. The predicted molar refractivity (Wildman–Crippen MR) is 69.6 cm³/mol. The van der Waals surface area contributed by atoms with E-state index >= 15 is 0 Å². The van der Waals surface area contributed by atoms with Crippen LogP contribution in [0.5, 0.6) is 0 Å². The van der Waals surface area contributed by atoms with Gasteiger partial charge in [0.1, 0.15) is 22.4 Å². The number of benzene rings is 2. The lowest BCUT2D eigenvalue weighted by atomic mass is 10.2. The van der Waals surface area contributed by atoms with Gasteiger partial charge in [0, 0.05) is 5.56 Å². The molecule has 0 aliphatic rings. The number of quaternary nitrogens is 1. The number of hydrogen-bond acceptors (Lipinski definition) is 2. The van der Waals surface area contributed by atoms with Crippen LogP contribution in [0.4, 0.5) is 18.9 Å². The molecule has 0 atom stereocenters. The van der Waals surface area contributed by atoms with Crippen molar-refractivity contribution in [2.45, 2.75) is 11.4 Å². The van der Waals surface area contributed by atoms with Gasteiger partial charge >= 0.3 is 0 Å². The largest absolute Gasteiger partial charge is 0.573 e. The van der Waals surface area contributed by atoms with E-state index in [1.807, 2.05) is 0 Å². The van der Waals surface area contributed by atoms with E-state index in [4.69, 9.17) is 0 Å². The monoisotopic (exact) mass is 316 g/mol. The Bertz CT molecular complexity index is 779. The normalized spacial score (nSPS) is 11.4. The molecule has 21 heavy (non-hydrogen) atoms. The Morgan fingerprint density at radius 2 is 1.62 bits per heavy atom. The van der Waals surface area contributed by atoms with E-state index in [-0.39, 0.29) is 22.7 Å². The van der Waals surface area contributed by atoms with Gasteiger partial charge in [0.25, 0.3) is 0 Å². The Hall–Kier alpha value is -2.06. The minimum atomic E-state index is -4.15. The standard InChI is InChI=1S/C13H10F3N2O2S/c14-11-4-2-10(5-8(11)7-17)21(19,20)18-9-1-3-12(15)13(16)6-9/h1-6H,7,17H2/q-1/p+1. The second-order valence-corrected chi connectivity index (χ2v) is 5.77. The Morgan fingerprint density at radius 1 is 0.952 bits per heavy atom. The molecular formula is C13H11F3N2O2S. The summed E-state index contributed by atoms with van der Waals surface area (Å²) in [5, 5.41) is 0. The maximum Gasteiger partial charge on any atom is 0.158 e. The van der Waals surface area contributed by atoms with Crippen LogP contribution in [0, 0.1) is 17.5 Å². The lowest BCUT2D eigenvalue weighted by Crippen LogP contribution is -2.47. The summed E-state index contributed by atoms with van der Waals surface area (Å²) in [4.78, 5) is -0.243. The third kappa shape index (κ3) is 3.34. The molecule has 2 rings (SSSR count). The first kappa shape index (κ1) is 15.3. The molecule has 0 heterocycles. The van der Waals surface area contributed by atoms with E-state index < -0.39 is 27.5 Å². The van der Waals surface area contributed by atoms with E-state index in [2.05, 4.69) is 10.5 Å². The van der Waals surface area contributed by atoms with Crippen molar-refractivity contribution in [1.29, 1.82) is 0 Å². The van der Waals surface area contributed by atoms with Crippen molar-refractivity contribution in [3.63, 3.8) is 0 Å². The summed E-state index contributed by atoms with van der Waals surface area (Å²) in [6.07, 6.45) is 0. The van der Waals surface area contributed by atoms with Gasteiger partial charge < -0.3 is 10.5 Å². The fourth-order valence-corrected chi connectivity index (χ4v) is 2.66. The molecule has 0 aromatic heterocycles. The minimum absolute atomic E-state index is 0.0698. The number of rotatable bonds is 4. The first-order valence-corrected chi connectivity index (χ1v) is 7.28. The lowest BCUT2D eigenvalue weighted by molar-refractivity contribution is -0.387. The van der Waals surface area contributed by atoms with Gasteiger partial charge in [0.05, 0.1) is 4.90 Å². The molecule has 2 aromatic rings. The summed E-state index contributed by atoms with van der Waals surface area (Å²) in [6, 6.07) is 5.62. The van der Waals surface area contributed by atoms with Gasteiger partial charge in [-0.3, -0.25) is 0 Å². The van der Waals surface area contributed by atoms with Crippen molar-refractivity contribution < 1.29 is 27.3 Å². The van der Waals surface area contributed by atoms with Crippen molar-refractivity contribution in [1.82, 2.24) is 0 Å². The molecule has 0 fully saturated rings. The van der Waals surface area contributed by atoms with Crippen LogP contribution < -0.4 is 5.73 Å². The molecule has 0 saturated heterocycles. The highest BCUT2D eigenvalue weighted by Gasteiger charge is 2.10. The SMILES string of the molecule is [NH3+]Cc1cc(S(=O)(=O)[N-]c2ccc(F)c(F)c2)ccc1F. The van der Waals surface area contributed by atoms with Crippen molar-refractivity contribution in [2.24, 2.45) is 0 Å². The topological polar surface area (TPSA) is 75.9 Å². The van der Waals surface area contributed by atoms with Crippen molar-refractivity contribution in [2.75, 3.05) is 0 Å². The molecule has 0 amide bonds. The van der Waals surface area contributed by atoms with Crippen LogP contribution in [0.25, 0.3) is 4.72 Å². The van der Waals surface area contributed by atoms with Gasteiger partial charge in [0.2, 0.25) is 0 Å². The van der Waals surface area contributed by atoms with E-state index in [9.17, 15) is 21.6 Å². The molecule has 0 bridgehead atoms. The number of hydrogen-bond donors (Lipinski definition) is 1. The molecule has 0 aliphatic heterocycles. The van der Waals surface area contributed by atoms with Gasteiger partial charge in [-0.05, 0) is 30.3 Å². The van der Waals surface area contributed by atoms with Gasteiger partial charge in [-0.15, -0.1) is 5.69 Å². The van der Waals surface area contributed by atoms with Crippen LogP contribution in [0.3, 0.4) is 0 Å². The van der Waals surface area contributed by atoms with Crippen molar-refractivity contribution >= 4 is 15.7 Å². The van der Waals surface area contributed by atoms with Crippen LogP contribution in [0.2, 0.25) is 0 Å². The van der Waals surface area contributed by atoms with Crippen LogP contribution in [0.15, 0.2) is 41.3 Å². The van der Waals surface area contributed by atoms with Gasteiger partial charge in [0.15, 0.2) is 11.6 Å². The molecule has 8 heteroatoms. The Labute approximate surface area is 119 Å². The highest BCUT2D eigenvalue weighted by molar-refractivity contribution is 7.94. The quantitative estimate of drug-likeness (QED) is 0.939. The molecule has 0 aliphatic carbocycles. The summed E-state index contributed by atoms with van der Waals surface area (Å²) in [7, 11) is -4.15. The molecule has 3 N–H and O–H groups in total. The zero-order valence-corrected chi connectivity index (χ0v) is 11.5. The number of halogens is 3. The maximum atomic E-state index is 13.3. The van der Waals surface area contributed by atoms with Gasteiger partial charge in [-0.25, -0.2) is 21.6 Å². The number of nitrogens with zero attached hydrogens (tertiary/aromatic N) is 1. The second-order valence-electron chi connectivity index (χ2n) is 4.17. The van der Waals surface area contributed by atoms with Crippen LogP contribution in [-0.2, 0) is 16.6 Å². The summed E-state index contributed by atoms with van der Waals surface area (Å²) in [5.41, 5.74) is 3.36. The van der Waals surface area contributed by atoms with E-state index in [1.54, 1.807) is 0 Å². The third-order valence-corrected chi connectivity index (χ3v) is 4.01. The second kappa shape index (κ2) is 5.74. The van der Waals surface area contributed by atoms with Crippen LogP contribution in [-0.4, -0.2) is 8.42 Å². The minimum Gasteiger partial charge on any atom is -0.573 e. The highest BCUT2D eigenvalue weighted by atomic mass is 32.2. The van der Waals surface area contributed by atoms with E-state index in [0.717, 1.165) is 30.3 Å². The lowest BCUT2D eigenvalue weighted by Gasteiger charge is -2.22. The zero-order valence-electron chi connectivity index (χ0n) is 10.7. The Balaban J connectivity index is 2.35. The Kier molecular flexibility index (Phi) is 4.19. The molecule has 0 saturated carbocycles.